The van der Waals surface area contributed by atoms with Gasteiger partial charge in [-0.25, -0.2) is 0 Å². The van der Waals surface area contributed by atoms with Crippen LogP contribution in [0.3, 0.4) is 0 Å². The van der Waals surface area contributed by atoms with Crippen molar-refractivity contribution in [3.05, 3.63) is 76.6 Å². The zero-order chi connectivity index (χ0) is 20.1. The molecule has 1 aromatic heterocycles. The lowest BCUT2D eigenvalue weighted by molar-refractivity contribution is 0.102. The Bertz CT molecular complexity index is 1080. The quantitative estimate of drug-likeness (QED) is 0.643. The van der Waals surface area contributed by atoms with E-state index in [9.17, 15) is 4.79 Å². The third kappa shape index (κ3) is 4.40. The third-order valence-corrected chi connectivity index (χ3v) is 4.42. The first kappa shape index (κ1) is 19.2. The minimum absolute atomic E-state index is 0.328. The lowest BCUT2D eigenvalue weighted by Crippen LogP contribution is -2.12. The van der Waals surface area contributed by atoms with Gasteiger partial charge in [0.1, 0.15) is 5.75 Å². The minimum atomic E-state index is -0.328. The first-order valence-electron chi connectivity index (χ1n) is 8.38. The lowest BCUT2D eigenvalue weighted by atomic mass is 10.2. The van der Waals surface area contributed by atoms with Crippen molar-refractivity contribution in [1.29, 1.82) is 5.26 Å². The molecule has 0 radical (unpaired) electrons. The Hall–Kier alpha value is -3.56. The highest BCUT2D eigenvalue weighted by atomic mass is 35.5. The van der Waals surface area contributed by atoms with Crippen LogP contribution in [0.2, 0.25) is 5.02 Å². The maximum atomic E-state index is 12.5. The Kier molecular flexibility index (Phi) is 5.78. The van der Waals surface area contributed by atoms with Crippen LogP contribution in [0, 0.1) is 18.3 Å². The second-order valence-electron chi connectivity index (χ2n) is 6.04. The molecule has 0 atom stereocenters. The molecule has 1 heterocycles. The molecule has 0 bridgehead atoms. The molecule has 2 N–H and O–H groups in total. The van der Waals surface area contributed by atoms with Crippen molar-refractivity contribution in [1.82, 2.24) is 4.98 Å². The summed E-state index contributed by atoms with van der Waals surface area (Å²) in [6, 6.07) is 14.0. The number of anilines is 3. The molecule has 3 rings (SSSR count). The smallest absolute Gasteiger partial charge is 0.257 e. The number of amides is 1. The molecule has 1 amide bonds. The molecule has 0 spiro atoms. The number of pyridine rings is 1. The average Bonchev–Trinajstić information content (AvgIpc) is 2.71. The van der Waals surface area contributed by atoms with Crippen molar-refractivity contribution in [2.24, 2.45) is 0 Å². The normalized spacial score (nSPS) is 10.1. The summed E-state index contributed by atoms with van der Waals surface area (Å²) in [6.07, 6.45) is 3.08. The summed E-state index contributed by atoms with van der Waals surface area (Å²) >= 11 is 6.14. The number of carbonyl (C=O) groups excluding carboxylic acids is 1. The van der Waals surface area contributed by atoms with Gasteiger partial charge in [-0.05, 0) is 42.8 Å². The molecule has 6 nitrogen and oxygen atoms in total. The summed E-state index contributed by atoms with van der Waals surface area (Å²) in [5, 5.41) is 15.5. The summed E-state index contributed by atoms with van der Waals surface area (Å²) in [5.41, 5.74) is 3.61. The van der Waals surface area contributed by atoms with E-state index in [-0.39, 0.29) is 5.91 Å². The first-order valence-corrected chi connectivity index (χ1v) is 8.75. The number of ether oxygens (including phenoxy) is 1. The predicted molar refractivity (Wildman–Crippen MR) is 109 cm³/mol. The van der Waals surface area contributed by atoms with Gasteiger partial charge in [-0.3, -0.25) is 9.78 Å². The number of aryl methyl sites for hydroxylation is 1. The van der Waals surface area contributed by atoms with Crippen LogP contribution in [-0.2, 0) is 0 Å². The van der Waals surface area contributed by atoms with E-state index in [1.807, 2.05) is 19.1 Å². The summed E-state index contributed by atoms with van der Waals surface area (Å²) in [7, 11) is 1.56. The van der Waals surface area contributed by atoms with Crippen LogP contribution in [0.25, 0.3) is 0 Å². The molecule has 28 heavy (non-hydrogen) atoms. The number of nitriles is 1. The van der Waals surface area contributed by atoms with Gasteiger partial charge in [0.15, 0.2) is 0 Å². The molecule has 0 saturated heterocycles. The number of carbonyl (C=O) groups is 1. The predicted octanol–water partition coefficient (Wildman–Crippen LogP) is 4.92. The highest BCUT2D eigenvalue weighted by molar-refractivity contribution is 6.31. The number of rotatable bonds is 5. The van der Waals surface area contributed by atoms with E-state index in [0.29, 0.717) is 39.0 Å². The fraction of sp³-hybridized carbons (Fsp3) is 0.0952. The minimum Gasteiger partial charge on any atom is -0.495 e. The molecule has 140 valence electrons. The van der Waals surface area contributed by atoms with Crippen molar-refractivity contribution >= 4 is 34.6 Å². The van der Waals surface area contributed by atoms with E-state index >= 15 is 0 Å². The van der Waals surface area contributed by atoms with Gasteiger partial charge >= 0.3 is 0 Å². The molecule has 0 fully saturated rings. The van der Waals surface area contributed by atoms with E-state index in [2.05, 4.69) is 15.6 Å². The van der Waals surface area contributed by atoms with Crippen LogP contribution >= 0.6 is 11.6 Å². The van der Waals surface area contributed by atoms with Crippen molar-refractivity contribution in [3.8, 4) is 11.8 Å². The largest absolute Gasteiger partial charge is 0.495 e. The topological polar surface area (TPSA) is 87.0 Å². The van der Waals surface area contributed by atoms with E-state index in [1.54, 1.807) is 49.7 Å². The molecule has 0 saturated carbocycles. The van der Waals surface area contributed by atoms with Gasteiger partial charge in [0.2, 0.25) is 0 Å². The molecular formula is C21H17ClN4O2. The number of hydrogen-bond donors (Lipinski definition) is 2. The van der Waals surface area contributed by atoms with Gasteiger partial charge in [-0.2, -0.15) is 5.26 Å². The van der Waals surface area contributed by atoms with Crippen molar-refractivity contribution < 1.29 is 9.53 Å². The SMILES string of the molecule is COc1cc(Cl)c(C)cc1Nc1cncc(C(=O)Nc2cccc(C#N)c2)c1. The Balaban J connectivity index is 1.81. The molecular weight excluding hydrogens is 376 g/mol. The van der Waals surface area contributed by atoms with Crippen molar-refractivity contribution in [2.75, 3.05) is 17.7 Å². The summed E-state index contributed by atoms with van der Waals surface area (Å²) in [4.78, 5) is 16.7. The second kappa shape index (κ2) is 8.42. The van der Waals surface area contributed by atoms with Gasteiger partial charge in [0, 0.05) is 23.0 Å². The molecule has 0 aliphatic heterocycles. The highest BCUT2D eigenvalue weighted by Crippen LogP contribution is 2.33. The van der Waals surface area contributed by atoms with Gasteiger partial charge in [0.05, 0.1) is 41.9 Å². The second-order valence-corrected chi connectivity index (χ2v) is 6.44. The number of hydrogen-bond acceptors (Lipinski definition) is 5. The van der Waals surface area contributed by atoms with Gasteiger partial charge in [-0.1, -0.05) is 17.7 Å². The number of halogens is 1. The fourth-order valence-electron chi connectivity index (χ4n) is 2.59. The van der Waals surface area contributed by atoms with Crippen LogP contribution in [0.5, 0.6) is 5.75 Å². The van der Waals surface area contributed by atoms with Crippen LogP contribution in [0.4, 0.5) is 17.1 Å². The van der Waals surface area contributed by atoms with E-state index in [4.69, 9.17) is 21.6 Å². The van der Waals surface area contributed by atoms with Crippen LogP contribution < -0.4 is 15.4 Å². The lowest BCUT2D eigenvalue weighted by Gasteiger charge is -2.13. The molecule has 0 unspecified atom stereocenters. The number of benzene rings is 2. The molecule has 0 aliphatic rings. The number of nitrogens with zero attached hydrogens (tertiary/aromatic N) is 2. The van der Waals surface area contributed by atoms with Crippen LogP contribution in [0.1, 0.15) is 21.5 Å². The van der Waals surface area contributed by atoms with Crippen LogP contribution in [-0.4, -0.2) is 18.0 Å². The Morgan fingerprint density at radius 3 is 2.75 bits per heavy atom. The number of nitrogens with one attached hydrogen (secondary N) is 2. The Morgan fingerprint density at radius 2 is 2.00 bits per heavy atom. The zero-order valence-electron chi connectivity index (χ0n) is 15.3. The third-order valence-electron chi connectivity index (χ3n) is 4.01. The van der Waals surface area contributed by atoms with Crippen molar-refractivity contribution in [2.45, 2.75) is 6.92 Å². The zero-order valence-corrected chi connectivity index (χ0v) is 16.0. The van der Waals surface area contributed by atoms with Gasteiger partial charge in [0.25, 0.3) is 5.91 Å². The summed E-state index contributed by atoms with van der Waals surface area (Å²) in [6.45, 7) is 1.89. The summed E-state index contributed by atoms with van der Waals surface area (Å²) < 4.78 is 5.36. The standard InChI is InChI=1S/C21H17ClN4O2/c1-13-6-19(20(28-2)9-18(13)22)25-17-8-15(11-24-12-17)21(27)26-16-5-3-4-14(7-16)10-23/h3-9,11-12,25H,1-2H3,(H,26,27). The number of methoxy groups -OCH3 is 1. The van der Waals surface area contributed by atoms with E-state index < -0.39 is 0 Å². The molecule has 2 aromatic carbocycles. The average molecular weight is 393 g/mol. The maximum absolute atomic E-state index is 12.5. The summed E-state index contributed by atoms with van der Waals surface area (Å²) in [5.74, 6) is 0.254. The van der Waals surface area contributed by atoms with Gasteiger partial charge < -0.3 is 15.4 Å². The number of aromatic nitrogens is 1. The van der Waals surface area contributed by atoms with E-state index in [1.165, 1.54) is 6.20 Å². The Labute approximate surface area is 167 Å². The Morgan fingerprint density at radius 1 is 1.18 bits per heavy atom. The first-order chi connectivity index (χ1) is 13.5. The monoisotopic (exact) mass is 392 g/mol. The molecule has 3 aromatic rings. The van der Waals surface area contributed by atoms with Gasteiger partial charge in [-0.15, -0.1) is 0 Å². The molecule has 0 aliphatic carbocycles. The van der Waals surface area contributed by atoms with Crippen molar-refractivity contribution in [3.63, 3.8) is 0 Å². The highest BCUT2D eigenvalue weighted by Gasteiger charge is 2.11. The maximum Gasteiger partial charge on any atom is 0.257 e. The molecule has 7 heteroatoms. The fourth-order valence-corrected chi connectivity index (χ4v) is 2.74. The van der Waals surface area contributed by atoms with E-state index in [0.717, 1.165) is 5.56 Å². The van der Waals surface area contributed by atoms with Crippen LogP contribution in [0.15, 0.2) is 54.9 Å².